The number of hydrogen-bond acceptors (Lipinski definition) is 3. The Kier molecular flexibility index (Phi) is 4.26. The summed E-state index contributed by atoms with van der Waals surface area (Å²) in [4.78, 5) is 16.8. The molecule has 152 valence electrons. The van der Waals surface area contributed by atoms with Crippen LogP contribution in [0.5, 0.6) is 5.75 Å². The molecule has 1 saturated heterocycles. The maximum Gasteiger partial charge on any atom is 0.332 e. The lowest BCUT2D eigenvalue weighted by molar-refractivity contribution is 0.0220. The van der Waals surface area contributed by atoms with E-state index in [9.17, 15) is 15.0 Å². The Morgan fingerprint density at radius 3 is 1.83 bits per heavy atom. The number of nitrogens with zero attached hydrogens (tertiary/aromatic N) is 2. The summed E-state index contributed by atoms with van der Waals surface area (Å²) >= 11 is 12.1. The number of aliphatic hydroxyl groups is 1. The van der Waals surface area contributed by atoms with Crippen LogP contribution in [-0.2, 0) is 5.72 Å². The molecule has 7 heteroatoms. The van der Waals surface area contributed by atoms with Gasteiger partial charge in [0.15, 0.2) is 5.72 Å². The molecule has 1 atom stereocenters. The predicted molar refractivity (Wildman–Crippen MR) is 117 cm³/mol. The number of hydrogen-bond donors (Lipinski definition) is 2. The van der Waals surface area contributed by atoms with E-state index in [1.165, 1.54) is 17.0 Å². The van der Waals surface area contributed by atoms with E-state index in [4.69, 9.17) is 23.2 Å². The Morgan fingerprint density at radius 2 is 1.33 bits per heavy atom. The van der Waals surface area contributed by atoms with Crippen LogP contribution in [0.15, 0.2) is 72.8 Å². The van der Waals surface area contributed by atoms with Crippen molar-refractivity contribution in [1.82, 2.24) is 0 Å². The second-order valence-electron chi connectivity index (χ2n) is 7.66. The van der Waals surface area contributed by atoms with Crippen molar-refractivity contribution in [2.24, 2.45) is 0 Å². The van der Waals surface area contributed by atoms with Crippen LogP contribution in [0.1, 0.15) is 18.4 Å². The number of amides is 2. The number of benzene rings is 3. The van der Waals surface area contributed by atoms with Crippen molar-refractivity contribution in [1.29, 1.82) is 0 Å². The summed E-state index contributed by atoms with van der Waals surface area (Å²) in [5, 5.41) is 23.4. The second-order valence-corrected chi connectivity index (χ2v) is 8.53. The van der Waals surface area contributed by atoms with E-state index in [0.717, 1.165) is 0 Å². The van der Waals surface area contributed by atoms with Gasteiger partial charge >= 0.3 is 6.03 Å². The van der Waals surface area contributed by atoms with Gasteiger partial charge in [-0.15, -0.1) is 0 Å². The molecule has 3 aromatic carbocycles. The Balaban J connectivity index is 1.74. The van der Waals surface area contributed by atoms with E-state index in [1.54, 1.807) is 65.6 Å². The van der Waals surface area contributed by atoms with Crippen LogP contribution in [0.2, 0.25) is 10.0 Å². The first-order chi connectivity index (χ1) is 14.4. The molecule has 0 radical (unpaired) electrons. The van der Waals surface area contributed by atoms with Gasteiger partial charge in [0.1, 0.15) is 11.3 Å². The van der Waals surface area contributed by atoms with Crippen molar-refractivity contribution in [2.45, 2.75) is 24.1 Å². The number of halogens is 2. The monoisotopic (exact) mass is 440 g/mol. The zero-order valence-corrected chi connectivity index (χ0v) is 17.3. The van der Waals surface area contributed by atoms with Crippen molar-refractivity contribution >= 4 is 40.6 Å². The van der Waals surface area contributed by atoms with E-state index in [0.29, 0.717) is 39.8 Å². The molecule has 30 heavy (non-hydrogen) atoms. The molecule has 2 fully saturated rings. The van der Waals surface area contributed by atoms with Crippen LogP contribution in [-0.4, -0.2) is 21.8 Å². The fourth-order valence-electron chi connectivity index (χ4n) is 4.43. The molecule has 5 nitrogen and oxygen atoms in total. The molecule has 5 rings (SSSR count). The normalized spacial score (nSPS) is 22.0. The van der Waals surface area contributed by atoms with E-state index in [-0.39, 0.29) is 11.8 Å². The number of rotatable bonds is 3. The Labute approximate surface area is 183 Å². The summed E-state index contributed by atoms with van der Waals surface area (Å²) in [6.45, 7) is 0. The number of aromatic hydroxyl groups is 1. The molecule has 1 heterocycles. The molecule has 2 N–H and O–H groups in total. The molecule has 0 bridgehead atoms. The molecule has 2 aliphatic rings. The molecule has 3 aromatic rings. The second kappa shape index (κ2) is 6.64. The lowest BCUT2D eigenvalue weighted by Crippen LogP contribution is -2.51. The highest BCUT2D eigenvalue weighted by Crippen LogP contribution is 2.62. The zero-order chi connectivity index (χ0) is 21.1. The van der Waals surface area contributed by atoms with Gasteiger partial charge in [-0.05, 0) is 73.5 Å². The van der Waals surface area contributed by atoms with Gasteiger partial charge in [0, 0.05) is 27.0 Å². The molecule has 1 aliphatic carbocycles. The fourth-order valence-corrected chi connectivity index (χ4v) is 4.68. The Hall–Kier alpha value is -2.73. The van der Waals surface area contributed by atoms with Crippen molar-refractivity contribution in [3.8, 4) is 5.75 Å². The van der Waals surface area contributed by atoms with Crippen molar-refractivity contribution in [3.05, 3.63) is 88.4 Å². The highest BCUT2D eigenvalue weighted by molar-refractivity contribution is 6.31. The first kappa shape index (κ1) is 19.2. The molecule has 1 unspecified atom stereocenters. The predicted octanol–water partition coefficient (Wildman–Crippen LogP) is 5.52. The van der Waals surface area contributed by atoms with Crippen LogP contribution < -0.4 is 9.80 Å². The van der Waals surface area contributed by atoms with Gasteiger partial charge in [0.25, 0.3) is 0 Å². The largest absolute Gasteiger partial charge is 0.508 e. The van der Waals surface area contributed by atoms with Crippen LogP contribution in [0.3, 0.4) is 0 Å². The molecule has 0 aromatic heterocycles. The van der Waals surface area contributed by atoms with Crippen molar-refractivity contribution in [3.63, 3.8) is 0 Å². The third-order valence-electron chi connectivity index (χ3n) is 5.93. The molecule has 1 aliphatic heterocycles. The summed E-state index contributed by atoms with van der Waals surface area (Å²) < 4.78 is 0. The number of carbonyl (C=O) groups is 1. The van der Waals surface area contributed by atoms with Crippen LogP contribution in [0.4, 0.5) is 16.2 Å². The lowest BCUT2D eigenvalue weighted by atomic mass is 9.91. The summed E-state index contributed by atoms with van der Waals surface area (Å²) in [6.07, 6.45) is 1.22. The smallest absolute Gasteiger partial charge is 0.332 e. The van der Waals surface area contributed by atoms with Gasteiger partial charge in [0.2, 0.25) is 0 Å². The van der Waals surface area contributed by atoms with Crippen molar-refractivity contribution < 1.29 is 15.0 Å². The number of phenolic OH excluding ortho intramolecular Hbond substituents is 1. The molecule has 1 saturated carbocycles. The first-order valence-electron chi connectivity index (χ1n) is 9.54. The fraction of sp³-hybridized carbons (Fsp3) is 0.174. The highest BCUT2D eigenvalue weighted by atomic mass is 35.5. The summed E-state index contributed by atoms with van der Waals surface area (Å²) in [7, 11) is 0. The molecule has 1 spiro atoms. The number of anilines is 2. The molecular weight excluding hydrogens is 423 g/mol. The number of phenols is 1. The van der Waals surface area contributed by atoms with Crippen LogP contribution in [0, 0.1) is 0 Å². The van der Waals surface area contributed by atoms with Crippen LogP contribution in [0.25, 0.3) is 0 Å². The zero-order valence-electron chi connectivity index (χ0n) is 15.8. The maximum atomic E-state index is 13.8. The third kappa shape index (κ3) is 2.63. The molecular formula is C23H18Cl2N2O3. The van der Waals surface area contributed by atoms with Gasteiger partial charge in [-0.2, -0.15) is 0 Å². The van der Waals surface area contributed by atoms with Gasteiger partial charge in [-0.25, -0.2) is 4.79 Å². The minimum absolute atomic E-state index is 0.0187. The number of urea groups is 1. The quantitative estimate of drug-likeness (QED) is 0.563. The van der Waals surface area contributed by atoms with Gasteiger partial charge in [-0.1, -0.05) is 35.3 Å². The summed E-state index contributed by atoms with van der Waals surface area (Å²) in [5.41, 5.74) is -0.948. The Bertz CT molecular complexity index is 1130. The Morgan fingerprint density at radius 1 is 0.800 bits per heavy atom. The van der Waals surface area contributed by atoms with E-state index in [1.807, 2.05) is 0 Å². The topological polar surface area (TPSA) is 64.0 Å². The van der Waals surface area contributed by atoms with Crippen LogP contribution >= 0.6 is 23.2 Å². The summed E-state index contributed by atoms with van der Waals surface area (Å²) in [6, 6.07) is 19.8. The molecule has 2 amide bonds. The van der Waals surface area contributed by atoms with Gasteiger partial charge in [-0.3, -0.25) is 9.80 Å². The SMILES string of the molecule is O=C1N(c2ccc(Cl)cc2)C2(CC2)C(O)(c2cccc(O)c2)N1c1ccc(Cl)cc1. The van der Waals surface area contributed by atoms with Gasteiger partial charge < -0.3 is 10.2 Å². The van der Waals surface area contributed by atoms with E-state index < -0.39 is 11.3 Å². The van der Waals surface area contributed by atoms with Gasteiger partial charge in [0.05, 0.1) is 0 Å². The summed E-state index contributed by atoms with van der Waals surface area (Å²) in [5.74, 6) is 0.0187. The minimum atomic E-state index is -1.68. The van der Waals surface area contributed by atoms with E-state index in [2.05, 4.69) is 0 Å². The van der Waals surface area contributed by atoms with Crippen molar-refractivity contribution in [2.75, 3.05) is 9.80 Å². The highest BCUT2D eigenvalue weighted by Gasteiger charge is 2.74. The maximum absolute atomic E-state index is 13.8. The third-order valence-corrected chi connectivity index (χ3v) is 6.43. The minimum Gasteiger partial charge on any atom is -0.508 e. The average molecular weight is 441 g/mol. The van der Waals surface area contributed by atoms with E-state index >= 15 is 0 Å². The lowest BCUT2D eigenvalue weighted by Gasteiger charge is -2.37. The first-order valence-corrected chi connectivity index (χ1v) is 10.3. The average Bonchev–Trinajstić information content (AvgIpc) is 3.50. The standard InChI is InChI=1S/C23H18Cl2N2O3/c24-16-4-8-18(9-5-16)26-21(29)27(19-10-6-17(25)7-11-19)23(30,22(26)12-13-22)15-2-1-3-20(28)14-15/h1-11,14,28,30H,12-13H2. The number of carbonyl (C=O) groups excluding carboxylic acids is 1.